The third-order valence-electron chi connectivity index (χ3n) is 2.77. The third kappa shape index (κ3) is 5.95. The molecule has 112 valence electrons. The lowest BCUT2D eigenvalue weighted by molar-refractivity contribution is 0.235. The first-order chi connectivity index (χ1) is 9.31. The second-order valence-corrected chi connectivity index (χ2v) is 6.13. The van der Waals surface area contributed by atoms with Crippen molar-refractivity contribution in [3.63, 3.8) is 0 Å². The molecule has 4 heteroatoms. The summed E-state index contributed by atoms with van der Waals surface area (Å²) in [6.45, 7) is 12.1. The summed E-state index contributed by atoms with van der Waals surface area (Å²) in [4.78, 5) is 11.7. The number of carbonyl (C=O) groups excluding carboxylic acids is 1. The third-order valence-corrected chi connectivity index (χ3v) is 2.77. The smallest absolute Gasteiger partial charge is 0.315 e. The van der Waals surface area contributed by atoms with Gasteiger partial charge >= 0.3 is 6.03 Å². The number of rotatable bonds is 5. The first kappa shape index (κ1) is 16.3. The van der Waals surface area contributed by atoms with E-state index in [1.165, 1.54) is 0 Å². The monoisotopic (exact) mass is 278 g/mol. The molecule has 0 aliphatic carbocycles. The summed E-state index contributed by atoms with van der Waals surface area (Å²) in [7, 11) is 0. The fourth-order valence-electron chi connectivity index (χ4n) is 1.73. The number of amides is 2. The molecule has 2 N–H and O–H groups in total. The number of nitrogens with one attached hydrogen (secondary N) is 2. The topological polar surface area (TPSA) is 50.4 Å². The van der Waals surface area contributed by atoms with Crippen LogP contribution in [0.25, 0.3) is 0 Å². The van der Waals surface area contributed by atoms with Gasteiger partial charge in [0.2, 0.25) is 0 Å². The number of ether oxygens (including phenoxy) is 1. The number of hydrogen-bond donors (Lipinski definition) is 2. The van der Waals surface area contributed by atoms with E-state index in [0.717, 1.165) is 16.9 Å². The van der Waals surface area contributed by atoms with E-state index in [0.29, 0.717) is 19.7 Å². The van der Waals surface area contributed by atoms with E-state index in [1.54, 1.807) is 0 Å². The molecule has 0 fully saturated rings. The molecule has 0 aromatic heterocycles. The molecule has 1 rings (SSSR count). The average Bonchev–Trinajstić information content (AvgIpc) is 2.36. The van der Waals surface area contributed by atoms with Crippen molar-refractivity contribution in [3.8, 4) is 5.75 Å². The molecule has 0 saturated heterocycles. The first-order valence-corrected chi connectivity index (χ1v) is 7.06. The van der Waals surface area contributed by atoms with Crippen molar-refractivity contribution >= 4 is 6.03 Å². The number of hydrogen-bond acceptors (Lipinski definition) is 2. The Hall–Kier alpha value is -1.71. The second kappa shape index (κ2) is 7.17. The zero-order chi connectivity index (χ0) is 15.2. The number of carbonyl (C=O) groups is 1. The Morgan fingerprint density at radius 2 is 1.95 bits per heavy atom. The molecule has 0 unspecified atom stereocenters. The Morgan fingerprint density at radius 3 is 2.50 bits per heavy atom. The lowest BCUT2D eigenvalue weighted by Crippen LogP contribution is -2.39. The van der Waals surface area contributed by atoms with Gasteiger partial charge in [-0.25, -0.2) is 4.79 Å². The van der Waals surface area contributed by atoms with Gasteiger partial charge in [0.25, 0.3) is 0 Å². The van der Waals surface area contributed by atoms with E-state index in [4.69, 9.17) is 4.74 Å². The van der Waals surface area contributed by atoms with Gasteiger partial charge in [-0.2, -0.15) is 0 Å². The van der Waals surface area contributed by atoms with Crippen molar-refractivity contribution in [3.05, 3.63) is 29.3 Å². The standard InChI is InChI=1S/C16H26N2O2/c1-6-20-14-8-7-13(9-12(14)2)10-17-15(19)18-11-16(3,4)5/h7-9H,6,10-11H2,1-5H3,(H2,17,18,19). The maximum atomic E-state index is 11.7. The van der Waals surface area contributed by atoms with Gasteiger partial charge in [-0.1, -0.05) is 32.9 Å². The van der Waals surface area contributed by atoms with Crippen LogP contribution in [0.3, 0.4) is 0 Å². The van der Waals surface area contributed by atoms with E-state index in [2.05, 4.69) is 31.4 Å². The Balaban J connectivity index is 2.45. The normalized spacial score (nSPS) is 11.1. The van der Waals surface area contributed by atoms with Crippen LogP contribution >= 0.6 is 0 Å². The summed E-state index contributed by atoms with van der Waals surface area (Å²) in [6.07, 6.45) is 0. The van der Waals surface area contributed by atoms with Crippen LogP contribution in [-0.2, 0) is 6.54 Å². The summed E-state index contributed by atoms with van der Waals surface area (Å²) in [6, 6.07) is 5.83. The van der Waals surface area contributed by atoms with Crippen LogP contribution in [0.4, 0.5) is 4.79 Å². The Bertz CT molecular complexity index is 450. The molecule has 0 aliphatic heterocycles. The minimum absolute atomic E-state index is 0.0903. The van der Waals surface area contributed by atoms with Crippen molar-refractivity contribution in [1.82, 2.24) is 10.6 Å². The summed E-state index contributed by atoms with van der Waals surface area (Å²) in [5.74, 6) is 0.897. The fraction of sp³-hybridized carbons (Fsp3) is 0.562. The van der Waals surface area contributed by atoms with E-state index in [9.17, 15) is 4.79 Å². The first-order valence-electron chi connectivity index (χ1n) is 7.06. The van der Waals surface area contributed by atoms with Crippen LogP contribution in [0, 0.1) is 12.3 Å². The van der Waals surface area contributed by atoms with Crippen LogP contribution in [0.2, 0.25) is 0 Å². The van der Waals surface area contributed by atoms with Gasteiger partial charge in [0.1, 0.15) is 5.75 Å². The minimum Gasteiger partial charge on any atom is -0.494 e. The SMILES string of the molecule is CCOc1ccc(CNC(=O)NCC(C)(C)C)cc1C. The molecule has 2 amide bonds. The number of aryl methyl sites for hydroxylation is 1. The van der Waals surface area contributed by atoms with Crippen LogP contribution in [-0.4, -0.2) is 19.2 Å². The highest BCUT2D eigenvalue weighted by Gasteiger charge is 2.11. The zero-order valence-electron chi connectivity index (χ0n) is 13.2. The maximum absolute atomic E-state index is 11.7. The van der Waals surface area contributed by atoms with Crippen molar-refractivity contribution in [1.29, 1.82) is 0 Å². The predicted octanol–water partition coefficient (Wildman–Crippen LogP) is 3.24. The number of benzene rings is 1. The van der Waals surface area contributed by atoms with E-state index in [-0.39, 0.29) is 11.4 Å². The molecule has 0 radical (unpaired) electrons. The van der Waals surface area contributed by atoms with Crippen LogP contribution in [0.15, 0.2) is 18.2 Å². The van der Waals surface area contributed by atoms with E-state index >= 15 is 0 Å². The zero-order valence-corrected chi connectivity index (χ0v) is 13.2. The van der Waals surface area contributed by atoms with Gasteiger partial charge in [-0.15, -0.1) is 0 Å². The molecule has 0 spiro atoms. The minimum atomic E-state index is -0.133. The van der Waals surface area contributed by atoms with Gasteiger partial charge in [0, 0.05) is 13.1 Å². The summed E-state index contributed by atoms with van der Waals surface area (Å²) < 4.78 is 5.49. The molecule has 0 bridgehead atoms. The average molecular weight is 278 g/mol. The van der Waals surface area contributed by atoms with Crippen LogP contribution in [0.1, 0.15) is 38.8 Å². The van der Waals surface area contributed by atoms with Crippen molar-refractivity contribution in [2.75, 3.05) is 13.2 Å². The fourth-order valence-corrected chi connectivity index (χ4v) is 1.73. The Labute approximate surface area is 121 Å². The maximum Gasteiger partial charge on any atom is 0.315 e. The highest BCUT2D eigenvalue weighted by atomic mass is 16.5. The molecule has 0 atom stereocenters. The molecule has 1 aromatic carbocycles. The highest BCUT2D eigenvalue weighted by molar-refractivity contribution is 5.73. The van der Waals surface area contributed by atoms with E-state index < -0.39 is 0 Å². The molecular formula is C16H26N2O2. The quantitative estimate of drug-likeness (QED) is 0.868. The predicted molar refractivity (Wildman–Crippen MR) is 82.0 cm³/mol. The summed E-state index contributed by atoms with van der Waals surface area (Å²) >= 11 is 0. The van der Waals surface area contributed by atoms with Crippen LogP contribution < -0.4 is 15.4 Å². The van der Waals surface area contributed by atoms with Crippen molar-refractivity contribution in [2.24, 2.45) is 5.41 Å². The molecule has 1 aromatic rings. The van der Waals surface area contributed by atoms with Gasteiger partial charge in [-0.3, -0.25) is 0 Å². The lowest BCUT2D eigenvalue weighted by atomic mass is 9.97. The molecule has 0 aliphatic rings. The molecule has 0 heterocycles. The van der Waals surface area contributed by atoms with E-state index in [1.807, 2.05) is 32.0 Å². The van der Waals surface area contributed by atoms with Crippen molar-refractivity contribution < 1.29 is 9.53 Å². The molecule has 20 heavy (non-hydrogen) atoms. The van der Waals surface area contributed by atoms with Gasteiger partial charge in [0.05, 0.1) is 6.61 Å². The van der Waals surface area contributed by atoms with Crippen LogP contribution in [0.5, 0.6) is 5.75 Å². The molecule has 0 saturated carbocycles. The molecule has 4 nitrogen and oxygen atoms in total. The summed E-state index contributed by atoms with van der Waals surface area (Å²) in [5, 5.41) is 5.72. The Kier molecular flexibility index (Phi) is 5.86. The molecular weight excluding hydrogens is 252 g/mol. The van der Waals surface area contributed by atoms with Crippen molar-refractivity contribution in [2.45, 2.75) is 41.2 Å². The second-order valence-electron chi connectivity index (χ2n) is 6.13. The number of urea groups is 1. The highest BCUT2D eigenvalue weighted by Crippen LogP contribution is 2.19. The summed E-state index contributed by atoms with van der Waals surface area (Å²) in [5.41, 5.74) is 2.24. The lowest BCUT2D eigenvalue weighted by Gasteiger charge is -2.19. The largest absolute Gasteiger partial charge is 0.494 e. The van der Waals surface area contributed by atoms with Gasteiger partial charge in [0.15, 0.2) is 0 Å². The van der Waals surface area contributed by atoms with Gasteiger partial charge in [-0.05, 0) is 36.5 Å². The van der Waals surface area contributed by atoms with Gasteiger partial charge < -0.3 is 15.4 Å². The Morgan fingerprint density at radius 1 is 1.25 bits per heavy atom.